The molecule has 0 atom stereocenters. The van der Waals surface area contributed by atoms with E-state index in [0.29, 0.717) is 24.8 Å². The number of benzene rings is 1. The van der Waals surface area contributed by atoms with E-state index in [9.17, 15) is 14.0 Å². The number of hydrogen-bond donors (Lipinski definition) is 3. The van der Waals surface area contributed by atoms with Crippen molar-refractivity contribution in [1.82, 2.24) is 15.6 Å². The van der Waals surface area contributed by atoms with Gasteiger partial charge in [-0.1, -0.05) is 11.6 Å². The highest BCUT2D eigenvalue weighted by atomic mass is 35.5. The Morgan fingerprint density at radius 3 is 2.56 bits per heavy atom. The summed E-state index contributed by atoms with van der Waals surface area (Å²) in [6.45, 7) is 1.65. The van der Waals surface area contributed by atoms with Crippen LogP contribution in [0.15, 0.2) is 30.5 Å². The first kappa shape index (κ1) is 17.9. The van der Waals surface area contributed by atoms with E-state index in [2.05, 4.69) is 15.6 Å². The Morgan fingerprint density at radius 1 is 1.22 bits per heavy atom. The lowest BCUT2D eigenvalue weighted by Gasteiger charge is -2.70. The van der Waals surface area contributed by atoms with Crippen molar-refractivity contribution in [2.24, 2.45) is 0 Å². The maximum absolute atomic E-state index is 13.4. The molecule has 8 heteroatoms. The zero-order chi connectivity index (χ0) is 19.2. The summed E-state index contributed by atoms with van der Waals surface area (Å²) >= 11 is 5.61. The molecular formula is C19H19ClFN3O3. The number of carbonyl (C=O) groups is 2. The van der Waals surface area contributed by atoms with Crippen LogP contribution >= 0.6 is 11.6 Å². The van der Waals surface area contributed by atoms with Crippen LogP contribution in [-0.2, 0) is 4.79 Å². The van der Waals surface area contributed by atoms with Crippen LogP contribution in [0, 0.1) is 12.7 Å². The quantitative estimate of drug-likeness (QED) is 0.708. The van der Waals surface area contributed by atoms with Crippen LogP contribution in [0.1, 0.15) is 35.3 Å². The number of ether oxygens (including phenoxy) is 1. The van der Waals surface area contributed by atoms with E-state index >= 15 is 0 Å². The fraction of sp³-hybridized carbons (Fsp3) is 0.368. The number of hydrogen-bond acceptors (Lipinski definition) is 3. The summed E-state index contributed by atoms with van der Waals surface area (Å²) in [5.41, 5.74) is 0.972. The van der Waals surface area contributed by atoms with Crippen molar-refractivity contribution >= 4 is 23.4 Å². The largest absolute Gasteiger partial charge is 0.484 e. The number of carbonyl (C=O) groups excluding carboxylic acids is 2. The van der Waals surface area contributed by atoms with Gasteiger partial charge in [0.05, 0.1) is 10.6 Å². The number of nitrogens with one attached hydrogen (secondary N) is 3. The third-order valence-electron chi connectivity index (χ3n) is 5.27. The monoisotopic (exact) mass is 391 g/mol. The molecule has 1 aromatic heterocycles. The van der Waals surface area contributed by atoms with E-state index in [4.69, 9.17) is 16.3 Å². The molecule has 3 aliphatic carbocycles. The van der Waals surface area contributed by atoms with Gasteiger partial charge in [-0.3, -0.25) is 9.59 Å². The Hall–Kier alpha value is -2.54. The van der Waals surface area contributed by atoms with Gasteiger partial charge in [0.1, 0.15) is 11.6 Å². The average Bonchev–Trinajstić information content (AvgIpc) is 2.99. The second-order valence-corrected chi connectivity index (χ2v) is 7.88. The average molecular weight is 392 g/mol. The number of aryl methyl sites for hydroxylation is 1. The van der Waals surface area contributed by atoms with Gasteiger partial charge in [0.25, 0.3) is 11.8 Å². The highest BCUT2D eigenvalue weighted by molar-refractivity contribution is 6.30. The molecule has 1 aromatic carbocycles. The van der Waals surface area contributed by atoms with Crippen molar-refractivity contribution in [3.8, 4) is 5.75 Å². The van der Waals surface area contributed by atoms with Crippen LogP contribution in [0.5, 0.6) is 5.75 Å². The lowest BCUT2D eigenvalue weighted by atomic mass is 9.44. The van der Waals surface area contributed by atoms with Crippen molar-refractivity contribution in [3.63, 3.8) is 0 Å². The third-order valence-corrected chi connectivity index (χ3v) is 5.58. The molecule has 2 amide bonds. The molecule has 0 spiro atoms. The van der Waals surface area contributed by atoms with Gasteiger partial charge in [0.2, 0.25) is 0 Å². The molecule has 142 valence electrons. The minimum atomic E-state index is -0.593. The second-order valence-electron chi connectivity index (χ2n) is 7.47. The van der Waals surface area contributed by atoms with Gasteiger partial charge in [-0.25, -0.2) is 4.39 Å². The van der Waals surface area contributed by atoms with Crippen LogP contribution in [-0.4, -0.2) is 34.5 Å². The predicted molar refractivity (Wildman–Crippen MR) is 97.4 cm³/mol. The smallest absolute Gasteiger partial charge is 0.258 e. The molecular weight excluding hydrogens is 373 g/mol. The summed E-state index contributed by atoms with van der Waals surface area (Å²) in [5, 5.41) is 6.03. The number of rotatable bonds is 6. The SMILES string of the molecule is Cc1[nH]ccc1C(=O)NC12CC(NC(=O)COc3ccc(Cl)c(F)c3)(C1)C2. The first-order chi connectivity index (χ1) is 12.8. The lowest BCUT2D eigenvalue weighted by molar-refractivity contribution is -0.141. The maximum atomic E-state index is 13.4. The van der Waals surface area contributed by atoms with Crippen molar-refractivity contribution in [2.75, 3.05) is 6.61 Å². The molecule has 0 saturated heterocycles. The van der Waals surface area contributed by atoms with Crippen LogP contribution < -0.4 is 15.4 Å². The maximum Gasteiger partial charge on any atom is 0.258 e. The molecule has 5 rings (SSSR count). The van der Waals surface area contributed by atoms with Crippen molar-refractivity contribution in [2.45, 2.75) is 37.3 Å². The van der Waals surface area contributed by atoms with Crippen LogP contribution in [0.25, 0.3) is 0 Å². The highest BCUT2D eigenvalue weighted by Gasteiger charge is 2.69. The van der Waals surface area contributed by atoms with Gasteiger partial charge in [0.15, 0.2) is 6.61 Å². The van der Waals surface area contributed by atoms with Crippen LogP contribution in [0.3, 0.4) is 0 Å². The van der Waals surface area contributed by atoms with Gasteiger partial charge in [-0.15, -0.1) is 0 Å². The van der Waals surface area contributed by atoms with E-state index in [1.807, 2.05) is 6.92 Å². The molecule has 1 heterocycles. The summed E-state index contributed by atoms with van der Waals surface area (Å²) in [4.78, 5) is 27.4. The van der Waals surface area contributed by atoms with Gasteiger partial charge in [0, 0.05) is 29.0 Å². The minimum absolute atomic E-state index is 0.00264. The van der Waals surface area contributed by atoms with E-state index in [1.165, 1.54) is 12.1 Å². The lowest BCUT2D eigenvalue weighted by Crippen LogP contribution is -2.84. The van der Waals surface area contributed by atoms with Crippen LogP contribution in [0.4, 0.5) is 4.39 Å². The van der Waals surface area contributed by atoms with Gasteiger partial charge < -0.3 is 20.4 Å². The zero-order valence-corrected chi connectivity index (χ0v) is 15.5. The molecule has 0 radical (unpaired) electrons. The number of aromatic nitrogens is 1. The topological polar surface area (TPSA) is 83.2 Å². The normalized spacial score (nSPS) is 25.1. The molecule has 0 aliphatic heterocycles. The number of amides is 2. The number of halogens is 2. The molecule has 0 unspecified atom stereocenters. The van der Waals surface area contributed by atoms with Gasteiger partial charge in [-0.2, -0.15) is 0 Å². The Labute approximate surface area is 160 Å². The molecule has 3 saturated carbocycles. The Balaban J connectivity index is 1.24. The summed E-state index contributed by atoms with van der Waals surface area (Å²) in [7, 11) is 0. The third kappa shape index (κ3) is 3.27. The standard InChI is InChI=1S/C19H19ClFN3O3/c1-11-13(4-5-22-11)17(26)24-19-8-18(9-19,10-19)23-16(25)7-27-12-2-3-14(20)15(21)6-12/h2-6,22H,7-10H2,1H3,(H,23,25)(H,24,26). The van der Waals surface area contributed by atoms with Crippen molar-refractivity contribution in [1.29, 1.82) is 0 Å². The zero-order valence-electron chi connectivity index (χ0n) is 14.7. The van der Waals surface area contributed by atoms with Crippen molar-refractivity contribution in [3.05, 3.63) is 52.6 Å². The molecule has 2 bridgehead atoms. The Morgan fingerprint density at radius 2 is 1.93 bits per heavy atom. The molecule has 3 fully saturated rings. The first-order valence-corrected chi connectivity index (χ1v) is 9.03. The second kappa shape index (κ2) is 6.27. The molecule has 27 heavy (non-hydrogen) atoms. The van der Waals surface area contributed by atoms with Crippen LogP contribution in [0.2, 0.25) is 5.02 Å². The van der Waals surface area contributed by atoms with Gasteiger partial charge in [-0.05, 0) is 44.4 Å². The molecule has 6 nitrogen and oxygen atoms in total. The minimum Gasteiger partial charge on any atom is -0.484 e. The number of aromatic amines is 1. The first-order valence-electron chi connectivity index (χ1n) is 8.65. The van der Waals surface area contributed by atoms with E-state index in [1.54, 1.807) is 12.3 Å². The van der Waals surface area contributed by atoms with E-state index < -0.39 is 5.82 Å². The van der Waals surface area contributed by atoms with E-state index in [0.717, 1.165) is 11.8 Å². The predicted octanol–water partition coefficient (Wildman–Crippen LogP) is 2.72. The summed E-state index contributed by atoms with van der Waals surface area (Å²) in [6.07, 6.45) is 3.85. The fourth-order valence-electron chi connectivity index (χ4n) is 4.11. The van der Waals surface area contributed by atoms with Crippen molar-refractivity contribution < 1.29 is 18.7 Å². The summed E-state index contributed by atoms with van der Waals surface area (Å²) in [6, 6.07) is 5.78. The Kier molecular flexibility index (Phi) is 4.14. The number of H-pyrrole nitrogens is 1. The summed E-state index contributed by atoms with van der Waals surface area (Å²) < 4.78 is 18.7. The molecule has 2 aromatic rings. The van der Waals surface area contributed by atoms with Gasteiger partial charge >= 0.3 is 0 Å². The molecule has 3 aliphatic rings. The molecule has 3 N–H and O–H groups in total. The van der Waals surface area contributed by atoms with E-state index in [-0.39, 0.29) is 40.3 Å². The highest BCUT2D eigenvalue weighted by Crippen LogP contribution is 2.60. The Bertz CT molecular complexity index is 907. The fourth-order valence-corrected chi connectivity index (χ4v) is 4.22. The summed E-state index contributed by atoms with van der Waals surface area (Å²) in [5.74, 6) is -0.715.